The molecule has 2 fully saturated rings. The average molecular weight is 671 g/mol. The number of hydrogen-bond donors (Lipinski definition) is 2. The van der Waals surface area contributed by atoms with Crippen LogP contribution in [0.5, 0.6) is 5.19 Å². The zero-order chi connectivity index (χ0) is 33.3. The van der Waals surface area contributed by atoms with E-state index in [1.54, 1.807) is 13.0 Å². The van der Waals surface area contributed by atoms with Crippen LogP contribution in [0.25, 0.3) is 10.2 Å². The summed E-state index contributed by atoms with van der Waals surface area (Å²) in [6.07, 6.45) is 2.67. The molecule has 2 aliphatic heterocycles. The highest BCUT2D eigenvalue weighted by atomic mass is 32.1. The molecule has 3 aliphatic rings. The van der Waals surface area contributed by atoms with Gasteiger partial charge in [-0.3, -0.25) is 9.59 Å². The van der Waals surface area contributed by atoms with Crippen molar-refractivity contribution in [3.05, 3.63) is 65.7 Å². The molecule has 1 aliphatic carbocycles. The zero-order valence-electron chi connectivity index (χ0n) is 26.1. The molecule has 0 radical (unpaired) electrons. The summed E-state index contributed by atoms with van der Waals surface area (Å²) in [6.45, 7) is 1.63. The first-order valence-electron chi connectivity index (χ1n) is 15.8. The molecule has 47 heavy (non-hydrogen) atoms. The highest BCUT2D eigenvalue weighted by Gasteiger charge is 2.62. The fourth-order valence-corrected chi connectivity index (χ4v) is 7.47. The van der Waals surface area contributed by atoms with E-state index in [4.69, 9.17) is 9.47 Å². The van der Waals surface area contributed by atoms with Gasteiger partial charge in [0, 0.05) is 18.0 Å². The quantitative estimate of drug-likeness (QED) is 0.253. The van der Waals surface area contributed by atoms with Gasteiger partial charge in [0.15, 0.2) is 0 Å². The lowest BCUT2D eigenvalue weighted by Gasteiger charge is -2.30. The fourth-order valence-electron chi connectivity index (χ4n) is 6.59. The molecule has 2 aromatic carbocycles. The van der Waals surface area contributed by atoms with Crippen molar-refractivity contribution in [2.45, 2.75) is 81.8 Å². The Morgan fingerprint density at radius 2 is 1.96 bits per heavy atom. The number of carbonyl (C=O) groups is 3. The van der Waals surface area contributed by atoms with E-state index in [2.05, 4.69) is 15.6 Å². The van der Waals surface area contributed by atoms with Crippen LogP contribution in [0.15, 0.2) is 54.6 Å². The number of hydrogen-bond acceptors (Lipinski definition) is 8. The van der Waals surface area contributed by atoms with Crippen molar-refractivity contribution >= 4 is 45.0 Å². The Kier molecular flexibility index (Phi) is 9.19. The van der Waals surface area contributed by atoms with E-state index >= 15 is 0 Å². The van der Waals surface area contributed by atoms with Gasteiger partial charge in [0.2, 0.25) is 11.8 Å². The summed E-state index contributed by atoms with van der Waals surface area (Å²) in [5, 5.41) is 6.39. The lowest BCUT2D eigenvalue weighted by molar-refractivity contribution is -0.148. The number of amides is 2. The van der Waals surface area contributed by atoms with Gasteiger partial charge >= 0.3 is 12.1 Å². The van der Waals surface area contributed by atoms with E-state index in [-0.39, 0.29) is 24.6 Å². The number of allylic oxidation sites excluding steroid dienone is 1. The Morgan fingerprint density at radius 1 is 1.15 bits per heavy atom. The number of para-hydroxylation sites is 1. The van der Waals surface area contributed by atoms with Crippen molar-refractivity contribution in [1.29, 1.82) is 0 Å². The molecule has 3 heterocycles. The van der Waals surface area contributed by atoms with Crippen LogP contribution in [0.4, 0.5) is 18.9 Å². The number of methoxy groups -OCH3 is 1. The Balaban J connectivity index is 1.31. The molecule has 0 bridgehead atoms. The van der Waals surface area contributed by atoms with Crippen LogP contribution in [0.2, 0.25) is 0 Å². The molecule has 250 valence electrons. The summed E-state index contributed by atoms with van der Waals surface area (Å²) in [4.78, 5) is 47.3. The first kappa shape index (κ1) is 32.8. The standard InChI is InChI=1S/C34H37F3N4O5S/c1-20-14-22(34(35,36)37)16-23(15-20)38-26-12-7-5-3-4-6-10-21-18-33(21,31(44)45-2)40-29(42)27-17-24(19-41(27)30(26)43)46-32-39-25-11-8-9-13-28(25)47-32/h6,8-11,13-16,21,24,26-27,38H,3-5,7,12,17-19H2,1-2H3,(H,40,42)/b10-6-/t21-,24-,26+,27+,33-/m1/s1. The Labute approximate surface area is 274 Å². The number of alkyl halides is 3. The van der Waals surface area contributed by atoms with Gasteiger partial charge < -0.3 is 25.0 Å². The van der Waals surface area contributed by atoms with Gasteiger partial charge in [0.05, 0.1) is 29.4 Å². The van der Waals surface area contributed by atoms with E-state index in [1.807, 2.05) is 36.4 Å². The largest absolute Gasteiger partial charge is 0.467 e. The number of thiazole rings is 1. The SMILES string of the molecule is COC(=O)[C@@]12C[C@H]1/C=C\CCCCC[C@H](Nc1cc(C)cc(C(F)(F)F)c1)C(=O)N1C[C@H](Oc3nc4ccccc4s3)C[C@H]1C(=O)N2. The normalized spacial score (nSPS) is 27.6. The molecule has 6 rings (SSSR count). The molecule has 5 atom stereocenters. The number of halogens is 3. The predicted octanol–water partition coefficient (Wildman–Crippen LogP) is 6.02. The van der Waals surface area contributed by atoms with E-state index < -0.39 is 53.2 Å². The minimum absolute atomic E-state index is 0.0567. The number of nitrogens with one attached hydrogen (secondary N) is 2. The second-order valence-corrected chi connectivity index (χ2v) is 13.5. The number of aromatic nitrogens is 1. The summed E-state index contributed by atoms with van der Waals surface area (Å²) >= 11 is 1.36. The highest BCUT2D eigenvalue weighted by Crippen LogP contribution is 2.46. The molecule has 2 N–H and O–H groups in total. The Morgan fingerprint density at radius 3 is 2.72 bits per heavy atom. The van der Waals surface area contributed by atoms with Crippen molar-refractivity contribution in [3.8, 4) is 5.19 Å². The highest BCUT2D eigenvalue weighted by molar-refractivity contribution is 7.20. The van der Waals surface area contributed by atoms with Crippen molar-refractivity contribution < 1.29 is 37.0 Å². The maximum Gasteiger partial charge on any atom is 0.416 e. The predicted molar refractivity (Wildman–Crippen MR) is 171 cm³/mol. The molecule has 13 heteroatoms. The number of aryl methyl sites for hydroxylation is 1. The second kappa shape index (κ2) is 13.2. The van der Waals surface area contributed by atoms with Gasteiger partial charge in [0.25, 0.3) is 5.19 Å². The van der Waals surface area contributed by atoms with Crippen molar-refractivity contribution in [2.75, 3.05) is 19.0 Å². The molecule has 0 unspecified atom stereocenters. The molecule has 9 nitrogen and oxygen atoms in total. The third-order valence-corrected chi connectivity index (χ3v) is 10.0. The van der Waals surface area contributed by atoms with Crippen LogP contribution in [0, 0.1) is 12.8 Å². The number of nitrogens with zero attached hydrogens (tertiary/aromatic N) is 2. The summed E-state index contributed by atoms with van der Waals surface area (Å²) in [5.41, 5.74) is -0.706. The van der Waals surface area contributed by atoms with Crippen LogP contribution < -0.4 is 15.4 Å². The molecule has 1 saturated heterocycles. The smallest absolute Gasteiger partial charge is 0.416 e. The lowest BCUT2D eigenvalue weighted by atomic mass is 10.0. The molecule has 3 aromatic rings. The first-order chi connectivity index (χ1) is 22.5. The van der Waals surface area contributed by atoms with Gasteiger partial charge in [-0.25, -0.2) is 9.78 Å². The average Bonchev–Trinajstić information content (AvgIpc) is 3.34. The number of ether oxygens (including phenoxy) is 2. The van der Waals surface area contributed by atoms with Crippen LogP contribution in [-0.2, 0) is 25.3 Å². The summed E-state index contributed by atoms with van der Waals surface area (Å²) in [6, 6.07) is 9.30. The van der Waals surface area contributed by atoms with Gasteiger partial charge in [-0.15, -0.1) is 0 Å². The fraction of sp³-hybridized carbons (Fsp3) is 0.471. The third-order valence-electron chi connectivity index (χ3n) is 9.08. The maximum absolute atomic E-state index is 14.4. The van der Waals surface area contributed by atoms with Crippen LogP contribution in [0.1, 0.15) is 56.1 Å². The number of rotatable bonds is 5. The van der Waals surface area contributed by atoms with Gasteiger partial charge in [0.1, 0.15) is 23.7 Å². The van der Waals surface area contributed by atoms with E-state index in [1.165, 1.54) is 23.3 Å². The number of benzene rings is 2. The summed E-state index contributed by atoms with van der Waals surface area (Å²) in [7, 11) is 1.27. The second-order valence-electron chi connectivity index (χ2n) is 12.5. The van der Waals surface area contributed by atoms with E-state index in [0.717, 1.165) is 41.6 Å². The van der Waals surface area contributed by atoms with Crippen LogP contribution in [-0.4, -0.2) is 65.0 Å². The maximum atomic E-state index is 14.4. The lowest BCUT2D eigenvalue weighted by Crippen LogP contribution is -2.55. The van der Waals surface area contributed by atoms with E-state index in [0.29, 0.717) is 30.0 Å². The number of fused-ring (bicyclic) bond motifs is 3. The minimum atomic E-state index is -4.55. The topological polar surface area (TPSA) is 110 Å². The third kappa shape index (κ3) is 7.09. The first-order valence-corrected chi connectivity index (χ1v) is 16.6. The monoisotopic (exact) mass is 670 g/mol. The number of anilines is 1. The molecule has 0 spiro atoms. The van der Waals surface area contributed by atoms with Gasteiger partial charge in [-0.05, 0) is 68.5 Å². The van der Waals surface area contributed by atoms with E-state index in [9.17, 15) is 27.6 Å². The van der Waals surface area contributed by atoms with Gasteiger partial charge in [-0.1, -0.05) is 48.5 Å². The van der Waals surface area contributed by atoms with Crippen molar-refractivity contribution in [1.82, 2.24) is 15.2 Å². The van der Waals surface area contributed by atoms with Crippen LogP contribution in [0.3, 0.4) is 0 Å². The Bertz CT molecular complexity index is 1660. The zero-order valence-corrected chi connectivity index (χ0v) is 27.0. The Hall–Kier alpha value is -4.13. The summed E-state index contributed by atoms with van der Waals surface area (Å²) in [5.74, 6) is -1.73. The molecule has 1 saturated carbocycles. The molecular formula is C34H37F3N4O5S. The van der Waals surface area contributed by atoms with Crippen molar-refractivity contribution in [3.63, 3.8) is 0 Å². The summed E-state index contributed by atoms with van der Waals surface area (Å²) < 4.78 is 53.2. The van der Waals surface area contributed by atoms with Crippen LogP contribution >= 0.6 is 11.3 Å². The minimum Gasteiger partial charge on any atom is -0.467 e. The molecule has 2 amide bonds. The van der Waals surface area contributed by atoms with Crippen molar-refractivity contribution in [2.24, 2.45) is 5.92 Å². The van der Waals surface area contributed by atoms with Gasteiger partial charge in [-0.2, -0.15) is 13.2 Å². The molecule has 1 aromatic heterocycles. The molecular weight excluding hydrogens is 633 g/mol. The number of esters is 1. The number of carbonyl (C=O) groups excluding carboxylic acids is 3.